The molecule has 0 saturated heterocycles. The molecular weight excluding hydrogens is 392 g/mol. The summed E-state index contributed by atoms with van der Waals surface area (Å²) in [5.41, 5.74) is 0.195. The zero-order valence-electron chi connectivity index (χ0n) is 17.7. The molecule has 1 aromatic rings. The van der Waals surface area contributed by atoms with Crippen LogP contribution in [0.15, 0.2) is 29.2 Å². The van der Waals surface area contributed by atoms with E-state index in [0.29, 0.717) is 6.42 Å². The van der Waals surface area contributed by atoms with Crippen LogP contribution in [0.3, 0.4) is 0 Å². The van der Waals surface area contributed by atoms with E-state index in [1.54, 1.807) is 19.2 Å². The second-order valence-corrected chi connectivity index (χ2v) is 9.70. The van der Waals surface area contributed by atoms with Crippen molar-refractivity contribution in [1.29, 1.82) is 0 Å². The molecule has 0 heterocycles. The Morgan fingerprint density at radius 2 is 1.90 bits per heavy atom. The number of hydrogen-bond acceptors (Lipinski definition) is 5. The second-order valence-electron chi connectivity index (χ2n) is 7.70. The topological polar surface area (TPSA) is 92.8 Å². The summed E-state index contributed by atoms with van der Waals surface area (Å²) in [6.07, 6.45) is 5.57. The number of nitrogens with one attached hydrogen (secondary N) is 1. The average molecular weight is 425 g/mol. The van der Waals surface area contributed by atoms with Crippen LogP contribution in [0.25, 0.3) is 0 Å². The predicted molar refractivity (Wildman–Crippen MR) is 111 cm³/mol. The molecule has 0 unspecified atom stereocenters. The van der Waals surface area contributed by atoms with Crippen LogP contribution in [0.2, 0.25) is 0 Å². The number of hydrogen-bond donors (Lipinski definition) is 1. The number of methoxy groups -OCH3 is 1. The Morgan fingerprint density at radius 3 is 2.48 bits per heavy atom. The van der Waals surface area contributed by atoms with Crippen LogP contribution in [-0.4, -0.2) is 50.8 Å². The zero-order chi connectivity index (χ0) is 21.6. The standard InChI is InChI=1S/C21H32N2O5S/c1-5-15(2)19(21(25)28-4)22-20(24)16-10-9-13-18(14-16)29(26,27)23(3)17-11-7-6-8-12-17/h9-10,13-15,17,19H,5-8,11-12H2,1-4H3,(H,22,24)/t15-,19-/m1/s1. The van der Waals surface area contributed by atoms with Crippen LogP contribution in [0.4, 0.5) is 0 Å². The van der Waals surface area contributed by atoms with Crippen LogP contribution in [-0.2, 0) is 19.6 Å². The number of rotatable bonds is 8. The molecule has 2 rings (SSSR count). The molecule has 0 aliphatic heterocycles. The van der Waals surface area contributed by atoms with E-state index in [0.717, 1.165) is 32.1 Å². The molecule has 1 N–H and O–H groups in total. The quantitative estimate of drug-likeness (QED) is 0.648. The summed E-state index contributed by atoms with van der Waals surface area (Å²) < 4.78 is 32.3. The lowest BCUT2D eigenvalue weighted by molar-refractivity contribution is -0.144. The first kappa shape index (κ1) is 23.3. The highest BCUT2D eigenvalue weighted by atomic mass is 32.2. The molecule has 0 bridgehead atoms. The summed E-state index contributed by atoms with van der Waals surface area (Å²) in [4.78, 5) is 24.8. The maximum atomic E-state index is 13.1. The van der Waals surface area contributed by atoms with Gasteiger partial charge in [0.1, 0.15) is 6.04 Å². The van der Waals surface area contributed by atoms with Crippen LogP contribution in [0.5, 0.6) is 0 Å². The number of ether oxygens (including phenoxy) is 1. The molecule has 1 aliphatic carbocycles. The normalized spacial score (nSPS) is 17.6. The van der Waals surface area contributed by atoms with Crippen molar-refractivity contribution in [2.45, 2.75) is 69.4 Å². The lowest BCUT2D eigenvalue weighted by Gasteiger charge is -2.30. The average Bonchev–Trinajstić information content (AvgIpc) is 2.76. The van der Waals surface area contributed by atoms with Crippen LogP contribution in [0.1, 0.15) is 62.7 Å². The van der Waals surface area contributed by atoms with Crippen molar-refractivity contribution in [1.82, 2.24) is 9.62 Å². The third-order valence-electron chi connectivity index (χ3n) is 5.82. The Hall–Kier alpha value is -1.93. The molecule has 0 aromatic heterocycles. The third kappa shape index (κ3) is 5.57. The minimum Gasteiger partial charge on any atom is -0.467 e. The Morgan fingerprint density at radius 1 is 1.24 bits per heavy atom. The molecule has 2 atom stereocenters. The Balaban J connectivity index is 2.23. The van der Waals surface area contributed by atoms with E-state index in [2.05, 4.69) is 5.32 Å². The maximum absolute atomic E-state index is 13.1. The fourth-order valence-electron chi connectivity index (χ4n) is 3.63. The van der Waals surface area contributed by atoms with E-state index < -0.39 is 27.9 Å². The van der Waals surface area contributed by atoms with E-state index in [1.165, 1.54) is 23.5 Å². The summed E-state index contributed by atoms with van der Waals surface area (Å²) in [6, 6.07) is 5.16. The van der Waals surface area contributed by atoms with Gasteiger partial charge in [-0.1, -0.05) is 45.6 Å². The third-order valence-corrected chi connectivity index (χ3v) is 7.72. The number of carbonyl (C=O) groups excluding carboxylic acids is 2. The first-order valence-electron chi connectivity index (χ1n) is 10.2. The van der Waals surface area contributed by atoms with Crippen molar-refractivity contribution < 1.29 is 22.7 Å². The van der Waals surface area contributed by atoms with Gasteiger partial charge in [0, 0.05) is 18.7 Å². The van der Waals surface area contributed by atoms with Gasteiger partial charge in [0.05, 0.1) is 12.0 Å². The molecule has 162 valence electrons. The summed E-state index contributed by atoms with van der Waals surface area (Å²) >= 11 is 0. The van der Waals surface area contributed by atoms with Crippen molar-refractivity contribution in [3.05, 3.63) is 29.8 Å². The highest BCUT2D eigenvalue weighted by molar-refractivity contribution is 7.89. The van der Waals surface area contributed by atoms with Crippen molar-refractivity contribution >= 4 is 21.9 Å². The second kappa shape index (κ2) is 10.2. The van der Waals surface area contributed by atoms with Gasteiger partial charge in [-0.2, -0.15) is 4.31 Å². The largest absolute Gasteiger partial charge is 0.467 e. The molecule has 7 nitrogen and oxygen atoms in total. The highest BCUT2D eigenvalue weighted by Crippen LogP contribution is 2.26. The van der Waals surface area contributed by atoms with Crippen LogP contribution < -0.4 is 5.32 Å². The SMILES string of the molecule is CC[C@@H](C)[C@@H](NC(=O)c1cccc(S(=O)(=O)N(C)C2CCCCC2)c1)C(=O)OC. The molecule has 1 aromatic carbocycles. The van der Waals surface area contributed by atoms with E-state index in [4.69, 9.17) is 4.74 Å². The molecule has 1 amide bonds. The zero-order valence-corrected chi connectivity index (χ0v) is 18.5. The smallest absolute Gasteiger partial charge is 0.328 e. The van der Waals surface area contributed by atoms with Gasteiger partial charge in [0.15, 0.2) is 0 Å². The molecule has 1 aliphatic rings. The van der Waals surface area contributed by atoms with Gasteiger partial charge < -0.3 is 10.1 Å². The molecule has 0 radical (unpaired) electrons. The number of carbonyl (C=O) groups is 2. The van der Waals surface area contributed by atoms with Gasteiger partial charge in [-0.05, 0) is 37.0 Å². The minimum atomic E-state index is -3.70. The van der Waals surface area contributed by atoms with Gasteiger partial charge in [-0.15, -0.1) is 0 Å². The summed E-state index contributed by atoms with van der Waals surface area (Å²) in [5, 5.41) is 2.68. The molecule has 0 spiro atoms. The van der Waals surface area contributed by atoms with Crippen molar-refractivity contribution in [3.8, 4) is 0 Å². The molecule has 29 heavy (non-hydrogen) atoms. The Kier molecular flexibility index (Phi) is 8.22. The van der Waals surface area contributed by atoms with Gasteiger partial charge in [-0.25, -0.2) is 13.2 Å². The minimum absolute atomic E-state index is 0.0136. The molecule has 1 fully saturated rings. The molecular formula is C21H32N2O5S. The van der Waals surface area contributed by atoms with Crippen LogP contribution in [0, 0.1) is 5.92 Å². The van der Waals surface area contributed by atoms with Crippen LogP contribution >= 0.6 is 0 Å². The van der Waals surface area contributed by atoms with Gasteiger partial charge in [0.25, 0.3) is 5.91 Å². The van der Waals surface area contributed by atoms with E-state index in [-0.39, 0.29) is 22.4 Å². The predicted octanol–water partition coefficient (Wildman–Crippen LogP) is 2.96. The van der Waals surface area contributed by atoms with Crippen molar-refractivity contribution in [2.24, 2.45) is 5.92 Å². The summed E-state index contributed by atoms with van der Waals surface area (Å²) in [7, 11) is -0.822. The number of amides is 1. The Bertz CT molecular complexity index is 818. The highest BCUT2D eigenvalue weighted by Gasteiger charge is 2.30. The fraction of sp³-hybridized carbons (Fsp3) is 0.619. The first-order chi connectivity index (χ1) is 13.7. The van der Waals surface area contributed by atoms with Crippen molar-refractivity contribution in [2.75, 3.05) is 14.2 Å². The fourth-order valence-corrected chi connectivity index (χ4v) is 5.09. The van der Waals surface area contributed by atoms with E-state index >= 15 is 0 Å². The number of esters is 1. The molecule has 1 saturated carbocycles. The lowest BCUT2D eigenvalue weighted by Crippen LogP contribution is -2.45. The number of benzene rings is 1. The lowest BCUT2D eigenvalue weighted by atomic mass is 9.96. The van der Waals surface area contributed by atoms with E-state index in [9.17, 15) is 18.0 Å². The van der Waals surface area contributed by atoms with E-state index in [1.807, 2.05) is 13.8 Å². The summed E-state index contributed by atoms with van der Waals surface area (Å²) in [6.45, 7) is 3.77. The van der Waals surface area contributed by atoms with Crippen molar-refractivity contribution in [3.63, 3.8) is 0 Å². The molecule has 8 heteroatoms. The number of nitrogens with zero attached hydrogens (tertiary/aromatic N) is 1. The number of sulfonamides is 1. The maximum Gasteiger partial charge on any atom is 0.328 e. The van der Waals surface area contributed by atoms with Gasteiger partial charge in [-0.3, -0.25) is 4.79 Å². The Labute approximate surface area is 173 Å². The monoisotopic (exact) mass is 424 g/mol. The first-order valence-corrected chi connectivity index (χ1v) is 11.6. The van der Waals surface area contributed by atoms with Gasteiger partial charge in [0.2, 0.25) is 10.0 Å². The van der Waals surface area contributed by atoms with Gasteiger partial charge >= 0.3 is 5.97 Å². The summed E-state index contributed by atoms with van der Waals surface area (Å²) in [5.74, 6) is -1.14.